The maximum Gasteiger partial charge on any atom is 0.236 e. The maximum atomic E-state index is 12.3. The van der Waals surface area contributed by atoms with Gasteiger partial charge < -0.3 is 10.0 Å². The van der Waals surface area contributed by atoms with Crippen LogP contribution in [0.4, 0.5) is 0 Å². The molecule has 4 nitrogen and oxygen atoms in total. The number of carbonyl (C=O) groups is 1. The molecule has 2 aliphatic rings. The van der Waals surface area contributed by atoms with Crippen LogP contribution in [0.5, 0.6) is 0 Å². The average Bonchev–Trinajstić information content (AvgIpc) is 3.22. The van der Waals surface area contributed by atoms with Crippen molar-refractivity contribution >= 4 is 5.91 Å². The Morgan fingerprint density at radius 2 is 1.79 bits per heavy atom. The zero-order chi connectivity index (χ0) is 13.8. The molecule has 0 aromatic carbocycles. The molecule has 0 saturated heterocycles. The van der Waals surface area contributed by atoms with E-state index in [1.165, 1.54) is 32.1 Å². The van der Waals surface area contributed by atoms with Crippen molar-refractivity contribution in [2.45, 2.75) is 70.1 Å². The Morgan fingerprint density at radius 3 is 2.32 bits per heavy atom. The number of hydrogen-bond donors (Lipinski definition) is 1. The number of rotatable bonds is 6. The molecule has 2 aliphatic carbocycles. The van der Waals surface area contributed by atoms with Crippen LogP contribution in [0.1, 0.15) is 51.9 Å². The highest BCUT2D eigenvalue weighted by Crippen LogP contribution is 2.26. The Kier molecular flexibility index (Phi) is 5.22. The summed E-state index contributed by atoms with van der Waals surface area (Å²) in [6.45, 7) is 2.91. The largest absolute Gasteiger partial charge is 0.392 e. The van der Waals surface area contributed by atoms with Crippen molar-refractivity contribution in [3.8, 4) is 0 Å². The van der Waals surface area contributed by atoms with Crippen LogP contribution < -0.4 is 0 Å². The van der Waals surface area contributed by atoms with E-state index in [-0.39, 0.29) is 12.0 Å². The van der Waals surface area contributed by atoms with Gasteiger partial charge in [-0.25, -0.2) is 0 Å². The van der Waals surface area contributed by atoms with Crippen LogP contribution >= 0.6 is 0 Å². The molecule has 1 amide bonds. The molecule has 0 radical (unpaired) electrons. The van der Waals surface area contributed by atoms with Gasteiger partial charge in [-0.1, -0.05) is 19.3 Å². The normalized spacial score (nSPS) is 22.5. The predicted molar refractivity (Wildman–Crippen MR) is 75.9 cm³/mol. The number of amides is 1. The molecule has 1 N–H and O–H groups in total. The monoisotopic (exact) mass is 268 g/mol. The van der Waals surface area contributed by atoms with Crippen molar-refractivity contribution in [3.05, 3.63) is 0 Å². The van der Waals surface area contributed by atoms with Gasteiger partial charge in [0.15, 0.2) is 0 Å². The first-order valence-corrected chi connectivity index (χ1v) is 7.75. The molecule has 4 heteroatoms. The Labute approximate surface area is 116 Å². The molecule has 0 heterocycles. The molecule has 2 saturated carbocycles. The van der Waals surface area contributed by atoms with Crippen molar-refractivity contribution in [1.82, 2.24) is 9.80 Å². The minimum Gasteiger partial charge on any atom is -0.392 e. The first kappa shape index (κ1) is 14.8. The molecule has 0 aromatic rings. The molecule has 1 unspecified atom stereocenters. The summed E-state index contributed by atoms with van der Waals surface area (Å²) in [5.41, 5.74) is 0. The van der Waals surface area contributed by atoms with Crippen LogP contribution in [0.3, 0.4) is 0 Å². The molecule has 2 rings (SSSR count). The van der Waals surface area contributed by atoms with Gasteiger partial charge in [-0.2, -0.15) is 0 Å². The predicted octanol–water partition coefficient (Wildman–Crippen LogP) is 1.62. The Hall–Kier alpha value is -0.610. The van der Waals surface area contributed by atoms with Gasteiger partial charge in [-0.15, -0.1) is 0 Å². The topological polar surface area (TPSA) is 43.8 Å². The number of aliphatic hydroxyl groups excluding tert-OH is 1. The van der Waals surface area contributed by atoms with Crippen molar-refractivity contribution in [1.29, 1.82) is 0 Å². The van der Waals surface area contributed by atoms with Crippen LogP contribution in [-0.2, 0) is 4.79 Å². The maximum absolute atomic E-state index is 12.3. The lowest BCUT2D eigenvalue weighted by molar-refractivity contribution is -0.132. The Morgan fingerprint density at radius 1 is 1.16 bits per heavy atom. The number of aliphatic hydroxyl groups is 1. The van der Waals surface area contributed by atoms with E-state index in [9.17, 15) is 9.90 Å². The van der Waals surface area contributed by atoms with Crippen LogP contribution in [0.15, 0.2) is 0 Å². The summed E-state index contributed by atoms with van der Waals surface area (Å²) in [5.74, 6) is 0.216. The van der Waals surface area contributed by atoms with Gasteiger partial charge >= 0.3 is 0 Å². The quantitative estimate of drug-likeness (QED) is 0.796. The van der Waals surface area contributed by atoms with E-state index in [0.717, 1.165) is 12.8 Å². The smallest absolute Gasteiger partial charge is 0.236 e. The second-order valence-electron chi connectivity index (χ2n) is 6.31. The van der Waals surface area contributed by atoms with Gasteiger partial charge in [-0.05, 0) is 32.6 Å². The molecule has 0 spiro atoms. The fourth-order valence-electron chi connectivity index (χ4n) is 3.08. The van der Waals surface area contributed by atoms with Crippen LogP contribution in [0.2, 0.25) is 0 Å². The van der Waals surface area contributed by atoms with E-state index < -0.39 is 0 Å². The van der Waals surface area contributed by atoms with Crippen LogP contribution in [0.25, 0.3) is 0 Å². The molecular weight excluding hydrogens is 240 g/mol. The highest BCUT2D eigenvalue weighted by molar-refractivity contribution is 5.78. The van der Waals surface area contributed by atoms with E-state index >= 15 is 0 Å². The first-order valence-electron chi connectivity index (χ1n) is 7.75. The zero-order valence-electron chi connectivity index (χ0n) is 12.3. The van der Waals surface area contributed by atoms with Gasteiger partial charge in [0.05, 0.1) is 12.6 Å². The summed E-state index contributed by atoms with van der Waals surface area (Å²) in [4.78, 5) is 16.4. The number of nitrogens with zero attached hydrogens (tertiary/aromatic N) is 2. The third-order valence-electron chi connectivity index (χ3n) is 4.42. The van der Waals surface area contributed by atoms with Gasteiger partial charge in [0.1, 0.15) is 0 Å². The summed E-state index contributed by atoms with van der Waals surface area (Å²) in [5, 5.41) is 9.66. The fourth-order valence-corrected chi connectivity index (χ4v) is 3.08. The number of likely N-dealkylation sites (N-methyl/N-ethyl adjacent to an activating group) is 1. The molecule has 19 heavy (non-hydrogen) atoms. The molecule has 2 fully saturated rings. The van der Waals surface area contributed by atoms with Gasteiger partial charge in [-0.3, -0.25) is 9.69 Å². The van der Waals surface area contributed by atoms with E-state index in [4.69, 9.17) is 0 Å². The molecule has 110 valence electrons. The average molecular weight is 268 g/mol. The zero-order valence-corrected chi connectivity index (χ0v) is 12.3. The van der Waals surface area contributed by atoms with E-state index in [1.807, 2.05) is 18.9 Å². The molecule has 0 aliphatic heterocycles. The van der Waals surface area contributed by atoms with Gasteiger partial charge in [0.2, 0.25) is 5.91 Å². The Balaban J connectivity index is 1.89. The Bertz CT molecular complexity index is 297. The second-order valence-corrected chi connectivity index (χ2v) is 6.31. The fraction of sp³-hybridized carbons (Fsp3) is 0.933. The summed E-state index contributed by atoms with van der Waals surface area (Å²) >= 11 is 0. The lowest BCUT2D eigenvalue weighted by atomic mass is 9.94. The lowest BCUT2D eigenvalue weighted by Crippen LogP contribution is -2.47. The lowest BCUT2D eigenvalue weighted by Gasteiger charge is -2.35. The van der Waals surface area contributed by atoms with Crippen molar-refractivity contribution < 1.29 is 9.90 Å². The second kappa shape index (κ2) is 6.71. The van der Waals surface area contributed by atoms with E-state index in [1.54, 1.807) is 0 Å². The van der Waals surface area contributed by atoms with Crippen molar-refractivity contribution in [2.75, 3.05) is 20.1 Å². The summed E-state index contributed by atoms with van der Waals surface area (Å²) in [6.07, 6.45) is 8.13. The molecule has 0 bridgehead atoms. The van der Waals surface area contributed by atoms with Crippen LogP contribution in [-0.4, -0.2) is 59.1 Å². The standard InChI is InChI=1S/C15H28N2O2/c1-12(18)10-17(14-6-4-3-5-7-14)11-15(19)16(2)13-8-9-13/h12-14,18H,3-11H2,1-2H3. The minimum atomic E-state index is -0.360. The van der Waals surface area contributed by atoms with Crippen molar-refractivity contribution in [3.63, 3.8) is 0 Å². The molecule has 1 atom stereocenters. The van der Waals surface area contributed by atoms with Gasteiger partial charge in [0.25, 0.3) is 0 Å². The highest BCUT2D eigenvalue weighted by atomic mass is 16.3. The third kappa shape index (κ3) is 4.46. The van der Waals surface area contributed by atoms with E-state index in [2.05, 4.69) is 4.90 Å². The van der Waals surface area contributed by atoms with Crippen molar-refractivity contribution in [2.24, 2.45) is 0 Å². The van der Waals surface area contributed by atoms with E-state index in [0.29, 0.717) is 25.2 Å². The SMILES string of the molecule is CC(O)CN(CC(=O)N(C)C1CC1)C1CCCCC1. The molecular formula is C15H28N2O2. The molecule has 0 aromatic heterocycles. The number of hydrogen-bond acceptors (Lipinski definition) is 3. The van der Waals surface area contributed by atoms with Gasteiger partial charge in [0, 0.05) is 25.7 Å². The summed E-state index contributed by atoms with van der Waals surface area (Å²) in [6, 6.07) is 0.965. The third-order valence-corrected chi connectivity index (χ3v) is 4.42. The number of carbonyl (C=O) groups excluding carboxylic acids is 1. The first-order chi connectivity index (χ1) is 9.08. The summed E-state index contributed by atoms with van der Waals surface area (Å²) < 4.78 is 0. The van der Waals surface area contributed by atoms with Crippen LogP contribution in [0, 0.1) is 0 Å². The highest BCUT2D eigenvalue weighted by Gasteiger charge is 2.31. The summed E-state index contributed by atoms with van der Waals surface area (Å²) in [7, 11) is 1.92. The minimum absolute atomic E-state index is 0.216.